The number of ether oxygens (including phenoxy) is 1. The van der Waals surface area contributed by atoms with Crippen molar-refractivity contribution in [2.75, 3.05) is 6.61 Å². The van der Waals surface area contributed by atoms with Crippen molar-refractivity contribution in [2.24, 2.45) is 5.92 Å². The van der Waals surface area contributed by atoms with Gasteiger partial charge in [0.2, 0.25) is 0 Å². The first-order valence-corrected chi connectivity index (χ1v) is 7.64. The van der Waals surface area contributed by atoms with Gasteiger partial charge < -0.3 is 4.74 Å². The topological polar surface area (TPSA) is 52.1 Å². The number of aromatic nitrogens is 2. The van der Waals surface area contributed by atoms with Crippen LogP contribution in [0, 0.1) is 11.7 Å². The summed E-state index contributed by atoms with van der Waals surface area (Å²) in [6.07, 6.45) is 1.89. The molecule has 0 bridgehead atoms. The zero-order valence-electron chi connectivity index (χ0n) is 12.0. The van der Waals surface area contributed by atoms with Gasteiger partial charge in [0, 0.05) is 5.56 Å². The maximum atomic E-state index is 12.9. The molecule has 112 valence electrons. The van der Waals surface area contributed by atoms with Crippen LogP contribution in [0.2, 0.25) is 0 Å². The Morgan fingerprint density at radius 1 is 1.38 bits per heavy atom. The van der Waals surface area contributed by atoms with Gasteiger partial charge in [-0.2, -0.15) is 0 Å². The summed E-state index contributed by atoms with van der Waals surface area (Å²) in [5, 5.41) is 3.94. The predicted molar refractivity (Wildman–Crippen MR) is 79.7 cm³/mol. The minimum absolute atomic E-state index is 0.334. The van der Waals surface area contributed by atoms with Crippen molar-refractivity contribution in [1.29, 1.82) is 0 Å². The Morgan fingerprint density at radius 3 is 2.76 bits per heavy atom. The first kappa shape index (κ1) is 15.6. The van der Waals surface area contributed by atoms with Crippen molar-refractivity contribution >= 4 is 17.5 Å². The highest BCUT2D eigenvalue weighted by Crippen LogP contribution is 2.25. The van der Waals surface area contributed by atoms with Gasteiger partial charge in [0.05, 0.1) is 6.61 Å². The van der Waals surface area contributed by atoms with Gasteiger partial charge in [-0.15, -0.1) is 5.10 Å². The summed E-state index contributed by atoms with van der Waals surface area (Å²) in [6.45, 7) is 4.60. The minimum Gasteiger partial charge on any atom is -0.461 e. The van der Waals surface area contributed by atoms with E-state index in [9.17, 15) is 9.18 Å². The first-order valence-electron chi connectivity index (χ1n) is 6.87. The SMILES string of the molecule is CCC(C)CCOC(=O)c1snnc1-c1ccc(F)cc1. The van der Waals surface area contributed by atoms with E-state index >= 15 is 0 Å². The third-order valence-corrected chi connectivity index (χ3v) is 4.04. The van der Waals surface area contributed by atoms with E-state index in [1.807, 2.05) is 0 Å². The van der Waals surface area contributed by atoms with Crippen molar-refractivity contribution in [3.63, 3.8) is 0 Å². The van der Waals surface area contributed by atoms with Crippen molar-refractivity contribution in [2.45, 2.75) is 26.7 Å². The maximum absolute atomic E-state index is 12.9. The Bertz CT molecular complexity index is 598. The summed E-state index contributed by atoms with van der Waals surface area (Å²) in [5.41, 5.74) is 1.09. The summed E-state index contributed by atoms with van der Waals surface area (Å²) < 4.78 is 22.0. The van der Waals surface area contributed by atoms with Crippen LogP contribution in [0.1, 0.15) is 36.4 Å². The molecule has 1 unspecified atom stereocenters. The van der Waals surface area contributed by atoms with Crippen LogP contribution in [-0.2, 0) is 4.74 Å². The lowest BCUT2D eigenvalue weighted by Crippen LogP contribution is -2.08. The minimum atomic E-state index is -0.423. The van der Waals surface area contributed by atoms with Gasteiger partial charge in [0.15, 0.2) is 4.88 Å². The van der Waals surface area contributed by atoms with Crippen LogP contribution >= 0.6 is 11.5 Å². The van der Waals surface area contributed by atoms with Gasteiger partial charge in [0.1, 0.15) is 11.5 Å². The van der Waals surface area contributed by atoms with Crippen LogP contribution in [0.5, 0.6) is 0 Å². The van der Waals surface area contributed by atoms with Crippen LogP contribution in [0.15, 0.2) is 24.3 Å². The standard InChI is InChI=1S/C15H17FN2O2S/c1-3-10(2)8-9-20-15(19)14-13(17-18-21-14)11-4-6-12(16)7-5-11/h4-7,10H,3,8-9H2,1-2H3. The molecular formula is C15H17FN2O2S. The molecule has 0 spiro atoms. The summed E-state index contributed by atoms with van der Waals surface area (Å²) >= 11 is 0.992. The van der Waals surface area contributed by atoms with Crippen molar-refractivity contribution in [3.05, 3.63) is 35.0 Å². The molecule has 4 nitrogen and oxygen atoms in total. The van der Waals surface area contributed by atoms with Gasteiger partial charge in [0.25, 0.3) is 0 Å². The van der Waals surface area contributed by atoms with E-state index in [0.717, 1.165) is 24.4 Å². The van der Waals surface area contributed by atoms with Gasteiger partial charge in [-0.25, -0.2) is 9.18 Å². The van der Waals surface area contributed by atoms with E-state index in [2.05, 4.69) is 23.4 Å². The molecule has 0 saturated carbocycles. The molecule has 0 fully saturated rings. The molecule has 0 aliphatic rings. The molecule has 21 heavy (non-hydrogen) atoms. The Balaban J connectivity index is 2.06. The summed E-state index contributed by atoms with van der Waals surface area (Å²) in [6, 6.07) is 5.80. The third kappa shape index (κ3) is 4.07. The van der Waals surface area contributed by atoms with E-state index in [1.54, 1.807) is 12.1 Å². The number of rotatable bonds is 6. The second kappa shape index (κ2) is 7.26. The van der Waals surface area contributed by atoms with E-state index in [-0.39, 0.29) is 5.82 Å². The Hall–Kier alpha value is -1.82. The number of halogens is 1. The molecule has 1 heterocycles. The average molecular weight is 308 g/mol. The fourth-order valence-corrected chi connectivity index (χ4v) is 2.33. The molecule has 1 aromatic heterocycles. The first-order chi connectivity index (χ1) is 10.1. The number of hydrogen-bond donors (Lipinski definition) is 0. The van der Waals surface area contributed by atoms with E-state index in [0.29, 0.717) is 28.7 Å². The fourth-order valence-electron chi connectivity index (χ4n) is 1.74. The van der Waals surface area contributed by atoms with Crippen LogP contribution in [0.3, 0.4) is 0 Å². The Kier molecular flexibility index (Phi) is 5.38. The van der Waals surface area contributed by atoms with E-state index in [1.165, 1.54) is 12.1 Å². The molecule has 6 heteroatoms. The van der Waals surface area contributed by atoms with Gasteiger partial charge in [-0.3, -0.25) is 0 Å². The zero-order valence-corrected chi connectivity index (χ0v) is 12.8. The van der Waals surface area contributed by atoms with Crippen molar-refractivity contribution < 1.29 is 13.9 Å². The number of hydrogen-bond acceptors (Lipinski definition) is 5. The Morgan fingerprint density at radius 2 is 2.10 bits per heavy atom. The highest BCUT2D eigenvalue weighted by molar-refractivity contribution is 7.08. The lowest BCUT2D eigenvalue weighted by atomic mass is 10.1. The molecule has 1 atom stereocenters. The molecular weight excluding hydrogens is 291 g/mol. The zero-order chi connectivity index (χ0) is 15.2. The van der Waals surface area contributed by atoms with Crippen LogP contribution in [0.4, 0.5) is 4.39 Å². The monoisotopic (exact) mass is 308 g/mol. The maximum Gasteiger partial charge on any atom is 0.352 e. The number of carbonyl (C=O) groups is 1. The number of esters is 1. The smallest absolute Gasteiger partial charge is 0.352 e. The summed E-state index contributed by atoms with van der Waals surface area (Å²) in [5.74, 6) is -0.235. The average Bonchev–Trinajstić information content (AvgIpc) is 2.97. The summed E-state index contributed by atoms with van der Waals surface area (Å²) in [7, 11) is 0. The number of carbonyl (C=O) groups excluding carboxylic acids is 1. The third-order valence-electron chi connectivity index (χ3n) is 3.33. The normalized spacial score (nSPS) is 12.1. The van der Waals surface area contributed by atoms with E-state index in [4.69, 9.17) is 4.74 Å². The van der Waals surface area contributed by atoms with Gasteiger partial charge in [-0.1, -0.05) is 24.8 Å². The highest BCUT2D eigenvalue weighted by Gasteiger charge is 2.19. The molecule has 0 radical (unpaired) electrons. The second-order valence-electron chi connectivity index (χ2n) is 4.90. The largest absolute Gasteiger partial charge is 0.461 e. The quantitative estimate of drug-likeness (QED) is 0.759. The molecule has 0 N–H and O–H groups in total. The van der Waals surface area contributed by atoms with Crippen molar-refractivity contribution in [3.8, 4) is 11.3 Å². The van der Waals surface area contributed by atoms with Crippen LogP contribution in [-0.4, -0.2) is 22.2 Å². The highest BCUT2D eigenvalue weighted by atomic mass is 32.1. The molecule has 2 rings (SSSR count). The lowest BCUT2D eigenvalue weighted by molar-refractivity contribution is 0.0491. The molecule has 0 saturated heterocycles. The van der Waals surface area contributed by atoms with E-state index < -0.39 is 5.97 Å². The van der Waals surface area contributed by atoms with Gasteiger partial charge >= 0.3 is 5.97 Å². The summed E-state index contributed by atoms with van der Waals surface area (Å²) in [4.78, 5) is 12.4. The predicted octanol–water partition coefficient (Wildman–Crippen LogP) is 3.94. The second-order valence-corrected chi connectivity index (χ2v) is 5.65. The van der Waals surface area contributed by atoms with Gasteiger partial charge in [-0.05, 0) is 48.1 Å². The molecule has 0 aliphatic heterocycles. The lowest BCUT2D eigenvalue weighted by Gasteiger charge is -2.08. The molecule has 1 aromatic carbocycles. The molecule has 0 aliphatic carbocycles. The Labute approximate surface area is 127 Å². The molecule has 2 aromatic rings. The van der Waals surface area contributed by atoms with Crippen LogP contribution in [0.25, 0.3) is 11.3 Å². The number of nitrogens with zero attached hydrogens (tertiary/aromatic N) is 2. The fraction of sp³-hybridized carbons (Fsp3) is 0.400. The van der Waals surface area contributed by atoms with Crippen LogP contribution < -0.4 is 0 Å². The number of benzene rings is 1. The van der Waals surface area contributed by atoms with Crippen molar-refractivity contribution in [1.82, 2.24) is 9.59 Å². The molecule has 0 amide bonds.